The number of rotatable bonds is 4. The maximum Gasteiger partial charge on any atom is 0.123 e. The minimum atomic E-state index is -0.271. The lowest BCUT2D eigenvalue weighted by Crippen LogP contribution is -1.83. The Balaban J connectivity index is 2.86. The van der Waals surface area contributed by atoms with Crippen molar-refractivity contribution in [3.8, 4) is 0 Å². The SMILES string of the molecule is O=CCC/C(Cl)=C(/I)c1ccc(F)cc1. The van der Waals surface area contributed by atoms with Crippen LogP contribution in [0.15, 0.2) is 29.3 Å². The van der Waals surface area contributed by atoms with Crippen molar-refractivity contribution in [1.29, 1.82) is 0 Å². The van der Waals surface area contributed by atoms with Crippen molar-refractivity contribution in [2.75, 3.05) is 0 Å². The summed E-state index contributed by atoms with van der Waals surface area (Å²) in [6.07, 6.45) is 1.77. The molecule has 1 aromatic carbocycles. The molecule has 0 aliphatic heterocycles. The maximum absolute atomic E-state index is 12.7. The Morgan fingerprint density at radius 1 is 1.40 bits per heavy atom. The van der Waals surface area contributed by atoms with Gasteiger partial charge in [0.2, 0.25) is 0 Å². The summed E-state index contributed by atoms with van der Waals surface area (Å²) in [6, 6.07) is 6.11. The molecule has 0 saturated heterocycles. The quantitative estimate of drug-likeness (QED) is 0.595. The summed E-state index contributed by atoms with van der Waals surface area (Å²) < 4.78 is 13.5. The molecular formula is C11H9ClFIO. The number of carbonyl (C=O) groups excluding carboxylic acids is 1. The molecule has 80 valence electrons. The summed E-state index contributed by atoms with van der Waals surface area (Å²) in [5.41, 5.74) is 0.868. The van der Waals surface area contributed by atoms with E-state index >= 15 is 0 Å². The molecule has 0 fully saturated rings. The van der Waals surface area contributed by atoms with Gasteiger partial charge in [-0.15, -0.1) is 0 Å². The fourth-order valence-corrected chi connectivity index (χ4v) is 1.90. The highest BCUT2D eigenvalue weighted by Crippen LogP contribution is 2.30. The molecule has 0 unspecified atom stereocenters. The zero-order valence-electron chi connectivity index (χ0n) is 7.84. The molecule has 0 saturated carbocycles. The molecule has 0 bridgehead atoms. The van der Waals surface area contributed by atoms with E-state index in [0.29, 0.717) is 17.9 Å². The third-order valence-electron chi connectivity index (χ3n) is 1.82. The van der Waals surface area contributed by atoms with Gasteiger partial charge in [-0.1, -0.05) is 23.7 Å². The molecule has 0 aliphatic rings. The molecule has 1 aromatic rings. The molecule has 1 rings (SSSR count). The van der Waals surface area contributed by atoms with Crippen LogP contribution in [0.25, 0.3) is 3.58 Å². The molecule has 0 atom stereocenters. The van der Waals surface area contributed by atoms with Crippen molar-refractivity contribution < 1.29 is 9.18 Å². The van der Waals surface area contributed by atoms with Gasteiger partial charge in [0.25, 0.3) is 0 Å². The molecule has 0 spiro atoms. The first-order chi connectivity index (χ1) is 7.15. The first kappa shape index (κ1) is 12.6. The van der Waals surface area contributed by atoms with Crippen LogP contribution >= 0.6 is 34.2 Å². The Kier molecular flexibility index (Phi) is 5.25. The normalized spacial score (nSPS) is 12.2. The summed E-state index contributed by atoms with van der Waals surface area (Å²) in [6.45, 7) is 0. The second-order valence-electron chi connectivity index (χ2n) is 2.93. The summed E-state index contributed by atoms with van der Waals surface area (Å²) >= 11 is 8.10. The average Bonchev–Trinajstić information content (AvgIpc) is 2.26. The monoisotopic (exact) mass is 338 g/mol. The highest BCUT2D eigenvalue weighted by atomic mass is 127. The van der Waals surface area contributed by atoms with Gasteiger partial charge in [-0.25, -0.2) is 4.39 Å². The van der Waals surface area contributed by atoms with Crippen LogP contribution in [0.5, 0.6) is 0 Å². The fraction of sp³-hybridized carbons (Fsp3) is 0.182. The van der Waals surface area contributed by atoms with Gasteiger partial charge in [0.05, 0.1) is 0 Å². The second-order valence-corrected chi connectivity index (χ2v) is 4.47. The van der Waals surface area contributed by atoms with Crippen LogP contribution in [0.1, 0.15) is 18.4 Å². The Labute approximate surface area is 106 Å². The van der Waals surface area contributed by atoms with E-state index in [1.165, 1.54) is 12.1 Å². The van der Waals surface area contributed by atoms with Crippen LogP contribution in [-0.2, 0) is 4.79 Å². The summed E-state index contributed by atoms with van der Waals surface area (Å²) in [5, 5.41) is 0.634. The molecule has 4 heteroatoms. The largest absolute Gasteiger partial charge is 0.303 e. The number of hydrogen-bond acceptors (Lipinski definition) is 1. The first-order valence-corrected chi connectivity index (χ1v) is 5.84. The molecule has 0 aliphatic carbocycles. The van der Waals surface area contributed by atoms with Gasteiger partial charge in [-0.2, -0.15) is 0 Å². The predicted molar refractivity (Wildman–Crippen MR) is 68.5 cm³/mol. The first-order valence-electron chi connectivity index (χ1n) is 4.39. The molecule has 0 heterocycles. The van der Waals surface area contributed by atoms with Gasteiger partial charge in [-0.3, -0.25) is 0 Å². The second kappa shape index (κ2) is 6.23. The zero-order chi connectivity index (χ0) is 11.3. The lowest BCUT2D eigenvalue weighted by Gasteiger charge is -2.03. The van der Waals surface area contributed by atoms with Crippen molar-refractivity contribution in [1.82, 2.24) is 0 Å². The van der Waals surface area contributed by atoms with Crippen LogP contribution in [0.4, 0.5) is 4.39 Å². The number of carbonyl (C=O) groups is 1. The maximum atomic E-state index is 12.7. The van der Waals surface area contributed by atoms with E-state index in [9.17, 15) is 9.18 Å². The Bertz CT molecular complexity index is 373. The van der Waals surface area contributed by atoms with Gasteiger partial charge in [-0.05, 0) is 46.7 Å². The predicted octanol–water partition coefficient (Wildman–Crippen LogP) is 4.15. The Morgan fingerprint density at radius 2 is 2.00 bits per heavy atom. The molecule has 0 amide bonds. The number of aldehydes is 1. The minimum Gasteiger partial charge on any atom is -0.303 e. The number of benzene rings is 1. The molecule has 15 heavy (non-hydrogen) atoms. The lowest BCUT2D eigenvalue weighted by atomic mass is 10.2. The average molecular weight is 339 g/mol. The van der Waals surface area contributed by atoms with Gasteiger partial charge >= 0.3 is 0 Å². The van der Waals surface area contributed by atoms with Crippen LogP contribution < -0.4 is 0 Å². The van der Waals surface area contributed by atoms with E-state index in [1.54, 1.807) is 12.1 Å². The molecule has 0 aromatic heterocycles. The van der Waals surface area contributed by atoms with Crippen molar-refractivity contribution in [2.45, 2.75) is 12.8 Å². The van der Waals surface area contributed by atoms with E-state index in [2.05, 4.69) is 22.6 Å². The van der Waals surface area contributed by atoms with Gasteiger partial charge in [0, 0.05) is 15.0 Å². The molecular weight excluding hydrogens is 329 g/mol. The van der Waals surface area contributed by atoms with Crippen molar-refractivity contribution >= 4 is 44.1 Å². The highest BCUT2D eigenvalue weighted by molar-refractivity contribution is 14.1. The standard InChI is InChI=1S/C11H9ClFIO/c12-10(2-1-7-15)11(14)8-3-5-9(13)6-4-8/h3-7H,1-2H2/b11-10-. The Hall–Kier alpha value is -0.420. The van der Waals surface area contributed by atoms with E-state index in [4.69, 9.17) is 11.6 Å². The fourth-order valence-electron chi connectivity index (χ4n) is 1.05. The number of allylic oxidation sites excluding steroid dienone is 1. The van der Waals surface area contributed by atoms with Crippen molar-refractivity contribution in [2.24, 2.45) is 0 Å². The summed E-state index contributed by atoms with van der Waals surface area (Å²) in [5.74, 6) is -0.271. The highest BCUT2D eigenvalue weighted by Gasteiger charge is 2.04. The molecule has 0 radical (unpaired) electrons. The Morgan fingerprint density at radius 3 is 2.53 bits per heavy atom. The third-order valence-corrected chi connectivity index (χ3v) is 3.79. The van der Waals surface area contributed by atoms with E-state index < -0.39 is 0 Å². The molecule has 1 nitrogen and oxygen atoms in total. The van der Waals surface area contributed by atoms with Gasteiger partial charge in [0.1, 0.15) is 12.1 Å². The van der Waals surface area contributed by atoms with E-state index in [-0.39, 0.29) is 5.82 Å². The topological polar surface area (TPSA) is 17.1 Å². The molecule has 0 N–H and O–H groups in total. The summed E-state index contributed by atoms with van der Waals surface area (Å²) in [4.78, 5) is 10.2. The van der Waals surface area contributed by atoms with Gasteiger partial charge < -0.3 is 4.79 Å². The van der Waals surface area contributed by atoms with Crippen LogP contribution in [-0.4, -0.2) is 6.29 Å². The zero-order valence-corrected chi connectivity index (χ0v) is 10.8. The summed E-state index contributed by atoms with van der Waals surface area (Å²) in [7, 11) is 0. The van der Waals surface area contributed by atoms with Crippen LogP contribution in [0.2, 0.25) is 0 Å². The lowest BCUT2D eigenvalue weighted by molar-refractivity contribution is -0.107. The van der Waals surface area contributed by atoms with Gasteiger partial charge in [0.15, 0.2) is 0 Å². The number of hydrogen-bond donors (Lipinski definition) is 0. The van der Waals surface area contributed by atoms with E-state index in [1.807, 2.05) is 0 Å². The van der Waals surface area contributed by atoms with Crippen molar-refractivity contribution in [3.63, 3.8) is 0 Å². The smallest absolute Gasteiger partial charge is 0.123 e. The van der Waals surface area contributed by atoms with E-state index in [0.717, 1.165) is 15.4 Å². The third kappa shape index (κ3) is 3.91. The van der Waals surface area contributed by atoms with Crippen LogP contribution in [0, 0.1) is 5.82 Å². The minimum absolute atomic E-state index is 0.271. The number of halogens is 3. The van der Waals surface area contributed by atoms with Crippen LogP contribution in [0.3, 0.4) is 0 Å². The van der Waals surface area contributed by atoms with Crippen molar-refractivity contribution in [3.05, 3.63) is 40.7 Å².